The number of methoxy groups -OCH3 is 1. The number of benzene rings is 1. The van der Waals surface area contributed by atoms with Crippen molar-refractivity contribution in [3.8, 4) is 5.75 Å². The molecule has 1 aliphatic heterocycles. The first-order valence-electron chi connectivity index (χ1n) is 6.35. The molecule has 0 saturated carbocycles. The van der Waals surface area contributed by atoms with Gasteiger partial charge in [-0.15, -0.1) is 0 Å². The standard InChI is InChI=1S/C14H17BrClNO2/c1-3-13(16)17-5-4-9-6-11(15)12(19-2)7-10(9)8-14(17)18/h6-7,13H,3-5,8H2,1-2H3. The highest BCUT2D eigenvalue weighted by Crippen LogP contribution is 2.31. The van der Waals surface area contributed by atoms with Gasteiger partial charge in [0.25, 0.3) is 0 Å². The first-order chi connectivity index (χ1) is 9.06. The van der Waals surface area contributed by atoms with E-state index in [1.54, 1.807) is 12.0 Å². The van der Waals surface area contributed by atoms with Gasteiger partial charge in [0.1, 0.15) is 11.3 Å². The van der Waals surface area contributed by atoms with Crippen molar-refractivity contribution < 1.29 is 9.53 Å². The summed E-state index contributed by atoms with van der Waals surface area (Å²) in [5.74, 6) is 0.850. The number of ether oxygens (including phenoxy) is 1. The van der Waals surface area contributed by atoms with E-state index in [0.29, 0.717) is 13.0 Å². The molecule has 0 saturated heterocycles. The van der Waals surface area contributed by atoms with Crippen molar-refractivity contribution in [3.63, 3.8) is 0 Å². The zero-order chi connectivity index (χ0) is 14.0. The van der Waals surface area contributed by atoms with Crippen LogP contribution in [0, 0.1) is 0 Å². The predicted octanol–water partition coefficient (Wildman–Crippen LogP) is 3.36. The Hall–Kier alpha value is -0.740. The lowest BCUT2D eigenvalue weighted by Gasteiger charge is -2.25. The van der Waals surface area contributed by atoms with Crippen LogP contribution < -0.4 is 4.74 Å². The Labute approximate surface area is 127 Å². The fourth-order valence-corrected chi connectivity index (χ4v) is 3.10. The summed E-state index contributed by atoms with van der Waals surface area (Å²) in [7, 11) is 1.63. The third-order valence-corrected chi connectivity index (χ3v) is 4.60. The molecular formula is C14H17BrClNO2. The van der Waals surface area contributed by atoms with Gasteiger partial charge in [-0.1, -0.05) is 18.5 Å². The molecule has 2 rings (SSSR count). The van der Waals surface area contributed by atoms with Crippen LogP contribution >= 0.6 is 27.5 Å². The van der Waals surface area contributed by atoms with Crippen molar-refractivity contribution in [3.05, 3.63) is 27.7 Å². The molecule has 0 aliphatic carbocycles. The second kappa shape index (κ2) is 6.14. The molecule has 0 fully saturated rings. The van der Waals surface area contributed by atoms with Gasteiger partial charge in [-0.2, -0.15) is 0 Å². The Morgan fingerprint density at radius 1 is 1.47 bits per heavy atom. The van der Waals surface area contributed by atoms with E-state index in [-0.39, 0.29) is 11.4 Å². The molecule has 5 heteroatoms. The van der Waals surface area contributed by atoms with Crippen molar-refractivity contribution in [2.24, 2.45) is 0 Å². The van der Waals surface area contributed by atoms with Crippen LogP contribution in [-0.2, 0) is 17.6 Å². The van der Waals surface area contributed by atoms with Crippen LogP contribution in [0.5, 0.6) is 5.75 Å². The van der Waals surface area contributed by atoms with E-state index in [0.717, 1.165) is 28.6 Å². The number of nitrogens with zero attached hydrogens (tertiary/aromatic N) is 1. The van der Waals surface area contributed by atoms with E-state index in [1.165, 1.54) is 5.56 Å². The van der Waals surface area contributed by atoms with E-state index in [4.69, 9.17) is 16.3 Å². The number of halogens is 2. The minimum absolute atomic E-state index is 0.0879. The summed E-state index contributed by atoms with van der Waals surface area (Å²) in [6.45, 7) is 2.66. The van der Waals surface area contributed by atoms with Gasteiger partial charge < -0.3 is 9.64 Å². The van der Waals surface area contributed by atoms with Crippen LogP contribution in [0.3, 0.4) is 0 Å². The molecule has 1 heterocycles. The van der Waals surface area contributed by atoms with E-state index in [2.05, 4.69) is 15.9 Å². The minimum atomic E-state index is -0.216. The first kappa shape index (κ1) is 14.7. The molecular weight excluding hydrogens is 330 g/mol. The average molecular weight is 347 g/mol. The zero-order valence-corrected chi connectivity index (χ0v) is 13.4. The number of carbonyl (C=O) groups is 1. The van der Waals surface area contributed by atoms with E-state index < -0.39 is 0 Å². The number of hydrogen-bond acceptors (Lipinski definition) is 2. The minimum Gasteiger partial charge on any atom is -0.496 e. The Morgan fingerprint density at radius 2 is 2.21 bits per heavy atom. The van der Waals surface area contributed by atoms with Crippen molar-refractivity contribution in [1.82, 2.24) is 4.90 Å². The molecule has 1 aromatic rings. The van der Waals surface area contributed by atoms with Gasteiger partial charge in [-0.25, -0.2) is 0 Å². The Morgan fingerprint density at radius 3 is 2.84 bits per heavy atom. The van der Waals surface area contributed by atoms with Gasteiger partial charge in [-0.3, -0.25) is 4.79 Å². The SMILES string of the molecule is CCC(Cl)N1CCc2cc(Br)c(OC)cc2CC1=O. The van der Waals surface area contributed by atoms with Crippen molar-refractivity contribution >= 4 is 33.4 Å². The summed E-state index contributed by atoms with van der Waals surface area (Å²) in [6.07, 6.45) is 1.98. The summed E-state index contributed by atoms with van der Waals surface area (Å²) in [6, 6.07) is 3.98. The Kier molecular flexibility index (Phi) is 4.74. The molecule has 0 bridgehead atoms. The van der Waals surface area contributed by atoms with Crippen LogP contribution in [-0.4, -0.2) is 30.0 Å². The fourth-order valence-electron chi connectivity index (χ4n) is 2.34. The fraction of sp³-hybridized carbons (Fsp3) is 0.500. The molecule has 0 spiro atoms. The van der Waals surface area contributed by atoms with Crippen LogP contribution in [0.4, 0.5) is 0 Å². The highest BCUT2D eigenvalue weighted by Gasteiger charge is 2.25. The molecule has 19 heavy (non-hydrogen) atoms. The first-order valence-corrected chi connectivity index (χ1v) is 7.58. The van der Waals surface area contributed by atoms with Crippen molar-refractivity contribution in [2.45, 2.75) is 31.7 Å². The molecule has 0 radical (unpaired) electrons. The van der Waals surface area contributed by atoms with E-state index in [1.807, 2.05) is 19.1 Å². The highest BCUT2D eigenvalue weighted by molar-refractivity contribution is 9.10. The average Bonchev–Trinajstić information content (AvgIpc) is 2.55. The summed E-state index contributed by atoms with van der Waals surface area (Å²) in [5, 5.41) is 0. The van der Waals surface area contributed by atoms with Crippen LogP contribution in [0.25, 0.3) is 0 Å². The van der Waals surface area contributed by atoms with Crippen molar-refractivity contribution in [1.29, 1.82) is 0 Å². The summed E-state index contributed by atoms with van der Waals surface area (Å²) < 4.78 is 6.21. The molecule has 104 valence electrons. The molecule has 3 nitrogen and oxygen atoms in total. The Bertz CT molecular complexity index is 493. The second-order valence-electron chi connectivity index (χ2n) is 4.61. The molecule has 1 amide bonds. The lowest BCUT2D eigenvalue weighted by atomic mass is 10.0. The third kappa shape index (κ3) is 3.06. The number of alkyl halides is 1. The van der Waals surface area contributed by atoms with Gasteiger partial charge in [0.2, 0.25) is 5.91 Å². The highest BCUT2D eigenvalue weighted by atomic mass is 79.9. The van der Waals surface area contributed by atoms with E-state index >= 15 is 0 Å². The maximum absolute atomic E-state index is 12.3. The topological polar surface area (TPSA) is 29.5 Å². The predicted molar refractivity (Wildman–Crippen MR) is 79.7 cm³/mol. The summed E-state index contributed by atoms with van der Waals surface area (Å²) in [5.41, 5.74) is 2.00. The number of hydrogen-bond donors (Lipinski definition) is 0. The van der Waals surface area contributed by atoms with Gasteiger partial charge in [-0.05, 0) is 52.0 Å². The molecule has 0 aromatic heterocycles. The number of carbonyl (C=O) groups excluding carboxylic acids is 1. The van der Waals surface area contributed by atoms with Gasteiger partial charge in [0.15, 0.2) is 0 Å². The molecule has 1 aliphatic rings. The molecule has 0 N–H and O–H groups in total. The summed E-state index contributed by atoms with van der Waals surface area (Å²) >= 11 is 9.70. The lowest BCUT2D eigenvalue weighted by molar-refractivity contribution is -0.131. The molecule has 1 atom stereocenters. The van der Waals surface area contributed by atoms with Gasteiger partial charge >= 0.3 is 0 Å². The van der Waals surface area contributed by atoms with Crippen LogP contribution in [0.1, 0.15) is 24.5 Å². The summed E-state index contributed by atoms with van der Waals surface area (Å²) in [4.78, 5) is 14.0. The van der Waals surface area contributed by atoms with E-state index in [9.17, 15) is 4.79 Å². The van der Waals surface area contributed by atoms with Crippen LogP contribution in [0.15, 0.2) is 16.6 Å². The maximum Gasteiger partial charge on any atom is 0.228 e. The second-order valence-corrected chi connectivity index (χ2v) is 5.97. The van der Waals surface area contributed by atoms with Gasteiger partial charge in [0, 0.05) is 6.54 Å². The zero-order valence-electron chi connectivity index (χ0n) is 11.1. The maximum atomic E-state index is 12.3. The Balaban J connectivity index is 2.31. The molecule has 1 aromatic carbocycles. The normalized spacial score (nSPS) is 16.8. The third-order valence-electron chi connectivity index (χ3n) is 3.43. The number of fused-ring (bicyclic) bond motifs is 1. The number of rotatable bonds is 3. The number of amides is 1. The van der Waals surface area contributed by atoms with Crippen LogP contribution in [0.2, 0.25) is 0 Å². The van der Waals surface area contributed by atoms with Crippen molar-refractivity contribution in [2.75, 3.05) is 13.7 Å². The lowest BCUT2D eigenvalue weighted by Crippen LogP contribution is -2.37. The monoisotopic (exact) mass is 345 g/mol. The largest absolute Gasteiger partial charge is 0.496 e. The quantitative estimate of drug-likeness (QED) is 0.620. The smallest absolute Gasteiger partial charge is 0.228 e. The molecule has 1 unspecified atom stereocenters. The van der Waals surface area contributed by atoms with Gasteiger partial charge in [0.05, 0.1) is 18.0 Å².